The van der Waals surface area contributed by atoms with E-state index in [0.717, 1.165) is 5.56 Å². The van der Waals surface area contributed by atoms with Gasteiger partial charge in [0.15, 0.2) is 0 Å². The molecular weight excluding hydrogens is 538 g/mol. The summed E-state index contributed by atoms with van der Waals surface area (Å²) in [5, 5.41) is 3.43. The lowest BCUT2D eigenvalue weighted by atomic mass is 10.0. The third kappa shape index (κ3) is 6.49. The highest BCUT2D eigenvalue weighted by atomic mass is 35.5. The Morgan fingerprint density at radius 1 is 0.923 bits per heavy atom. The number of hydrogen-bond donors (Lipinski definition) is 1. The number of sulfonamides is 1. The molecule has 204 valence electrons. The minimum atomic E-state index is -4.21. The third-order valence-electron chi connectivity index (χ3n) is 6.41. The Bertz CT molecular complexity index is 1460. The summed E-state index contributed by atoms with van der Waals surface area (Å²) in [6.07, 6.45) is 0.199. The first-order chi connectivity index (χ1) is 18.6. The maximum absolute atomic E-state index is 13.9. The largest absolute Gasteiger partial charge is 0.354 e. The summed E-state index contributed by atoms with van der Waals surface area (Å²) in [5.74, 6) is -1.63. The molecule has 4 rings (SSSR count). The van der Waals surface area contributed by atoms with E-state index in [1.54, 1.807) is 30.3 Å². The Morgan fingerprint density at radius 2 is 1.56 bits per heavy atom. The van der Waals surface area contributed by atoms with Crippen molar-refractivity contribution in [3.05, 3.63) is 101 Å². The molecule has 1 heterocycles. The van der Waals surface area contributed by atoms with Crippen molar-refractivity contribution in [2.45, 2.75) is 37.8 Å². The van der Waals surface area contributed by atoms with Crippen molar-refractivity contribution in [3.63, 3.8) is 0 Å². The van der Waals surface area contributed by atoms with Gasteiger partial charge in [0.2, 0.25) is 11.8 Å². The zero-order chi connectivity index (χ0) is 28.2. The number of fused-ring (bicyclic) bond motifs is 1. The number of halogens is 1. The van der Waals surface area contributed by atoms with Crippen LogP contribution in [0.15, 0.2) is 83.8 Å². The lowest BCUT2D eigenvalue weighted by Gasteiger charge is -2.32. The molecule has 8 nitrogen and oxygen atoms in total. The first-order valence-electron chi connectivity index (χ1n) is 12.6. The molecule has 1 aliphatic rings. The van der Waals surface area contributed by atoms with Gasteiger partial charge in [0.25, 0.3) is 15.9 Å². The van der Waals surface area contributed by atoms with E-state index in [4.69, 9.17) is 11.6 Å². The van der Waals surface area contributed by atoms with Crippen LogP contribution in [0.2, 0.25) is 5.02 Å². The van der Waals surface area contributed by atoms with Crippen LogP contribution >= 0.6 is 11.6 Å². The minimum Gasteiger partial charge on any atom is -0.354 e. The number of nitrogens with zero attached hydrogens (tertiary/aromatic N) is 2. The molecule has 0 radical (unpaired) electrons. The summed E-state index contributed by atoms with van der Waals surface area (Å²) in [5.41, 5.74) is 1.54. The quantitative estimate of drug-likeness (QED) is 0.400. The van der Waals surface area contributed by atoms with Gasteiger partial charge >= 0.3 is 0 Å². The van der Waals surface area contributed by atoms with Crippen LogP contribution in [0, 0.1) is 5.92 Å². The fourth-order valence-electron chi connectivity index (χ4n) is 4.36. The Morgan fingerprint density at radius 3 is 2.21 bits per heavy atom. The first-order valence-corrected chi connectivity index (χ1v) is 14.4. The van der Waals surface area contributed by atoms with Crippen LogP contribution in [-0.4, -0.2) is 54.5 Å². The molecule has 10 heteroatoms. The number of amides is 3. The number of hydrogen-bond acceptors (Lipinski definition) is 5. The van der Waals surface area contributed by atoms with Gasteiger partial charge in [-0.15, -0.1) is 0 Å². The maximum atomic E-state index is 13.9. The Hall–Kier alpha value is -3.69. The molecule has 0 saturated carbocycles. The molecule has 0 bridgehead atoms. The van der Waals surface area contributed by atoms with Crippen molar-refractivity contribution in [2.75, 3.05) is 13.1 Å². The van der Waals surface area contributed by atoms with Gasteiger partial charge in [-0.3, -0.25) is 14.4 Å². The van der Waals surface area contributed by atoms with Gasteiger partial charge in [-0.1, -0.05) is 80.0 Å². The molecule has 39 heavy (non-hydrogen) atoms. The monoisotopic (exact) mass is 567 g/mol. The summed E-state index contributed by atoms with van der Waals surface area (Å²) < 4.78 is 26.9. The summed E-state index contributed by atoms with van der Waals surface area (Å²) >= 11 is 6.05. The highest BCUT2D eigenvalue weighted by Crippen LogP contribution is 2.30. The second-order valence-corrected chi connectivity index (χ2v) is 12.1. The van der Waals surface area contributed by atoms with Crippen LogP contribution in [0.3, 0.4) is 0 Å². The molecule has 1 atom stereocenters. The number of benzene rings is 3. The van der Waals surface area contributed by atoms with E-state index in [1.807, 2.05) is 44.2 Å². The fraction of sp³-hybridized carbons (Fsp3) is 0.276. The number of carbonyl (C=O) groups is 3. The normalized spacial score (nSPS) is 14.7. The van der Waals surface area contributed by atoms with E-state index < -0.39 is 34.4 Å². The van der Waals surface area contributed by atoms with Crippen LogP contribution in [0.25, 0.3) is 0 Å². The van der Waals surface area contributed by atoms with Gasteiger partial charge in [-0.2, -0.15) is 0 Å². The Balaban J connectivity index is 1.70. The van der Waals surface area contributed by atoms with Crippen molar-refractivity contribution in [2.24, 2.45) is 5.92 Å². The van der Waals surface area contributed by atoms with E-state index in [9.17, 15) is 22.8 Å². The predicted molar refractivity (Wildman–Crippen MR) is 148 cm³/mol. The first kappa shape index (κ1) is 28.3. The molecular formula is C29H30ClN3O5S. The van der Waals surface area contributed by atoms with Crippen molar-refractivity contribution < 1.29 is 22.8 Å². The van der Waals surface area contributed by atoms with Crippen molar-refractivity contribution in [1.82, 2.24) is 14.5 Å². The predicted octanol–water partition coefficient (Wildman–Crippen LogP) is 3.90. The lowest BCUT2D eigenvalue weighted by Crippen LogP contribution is -2.53. The zero-order valence-corrected chi connectivity index (χ0v) is 23.3. The summed E-state index contributed by atoms with van der Waals surface area (Å²) in [7, 11) is -4.21. The molecule has 1 aliphatic heterocycles. The van der Waals surface area contributed by atoms with Crippen LogP contribution in [0.1, 0.15) is 35.3 Å². The maximum Gasteiger partial charge on any atom is 0.269 e. The second-order valence-electron chi connectivity index (χ2n) is 9.81. The molecule has 1 unspecified atom stereocenters. The van der Waals surface area contributed by atoms with E-state index >= 15 is 0 Å². The highest BCUT2D eigenvalue weighted by molar-refractivity contribution is 7.90. The van der Waals surface area contributed by atoms with Gasteiger partial charge in [0.05, 0.1) is 5.56 Å². The van der Waals surface area contributed by atoms with Crippen LogP contribution in [-0.2, 0) is 32.6 Å². The topological polar surface area (TPSA) is 104 Å². The van der Waals surface area contributed by atoms with Crippen LogP contribution in [0.5, 0.6) is 0 Å². The summed E-state index contributed by atoms with van der Waals surface area (Å²) in [4.78, 5) is 41.6. The van der Waals surface area contributed by atoms with Gasteiger partial charge in [0.1, 0.15) is 17.5 Å². The average molecular weight is 568 g/mol. The summed E-state index contributed by atoms with van der Waals surface area (Å²) in [6.45, 7) is 3.61. The molecule has 0 saturated heterocycles. The van der Waals surface area contributed by atoms with Gasteiger partial charge in [0, 0.05) is 24.5 Å². The SMILES string of the molecule is CC(C)CNC(=O)C(Cc1ccccc1)N(Cc1ccc(Cl)cc1)C(=O)CN1C(=O)c2ccccc2S1(=O)=O. The molecule has 1 N–H and O–H groups in total. The second kappa shape index (κ2) is 12.0. The standard InChI is InChI=1S/C29H30ClN3O5S/c1-20(2)17-31-28(35)25(16-21-8-4-3-5-9-21)32(18-22-12-14-23(30)15-13-22)27(34)19-33-29(36)24-10-6-7-11-26(24)39(33,37)38/h3-15,20,25H,16-19H2,1-2H3,(H,31,35). The van der Waals surface area contributed by atoms with Gasteiger partial charge in [-0.05, 0) is 41.3 Å². The van der Waals surface area contributed by atoms with Crippen molar-refractivity contribution in [3.8, 4) is 0 Å². The molecule has 0 aromatic heterocycles. The molecule has 3 aromatic rings. The molecule has 0 aliphatic carbocycles. The average Bonchev–Trinajstić information content (AvgIpc) is 3.11. The Kier molecular flexibility index (Phi) is 8.72. The smallest absolute Gasteiger partial charge is 0.269 e. The molecule has 0 spiro atoms. The Labute approximate surface area is 233 Å². The fourth-order valence-corrected chi connectivity index (χ4v) is 6.01. The van der Waals surface area contributed by atoms with Gasteiger partial charge < -0.3 is 10.2 Å². The van der Waals surface area contributed by atoms with E-state index in [0.29, 0.717) is 21.4 Å². The number of rotatable bonds is 10. The van der Waals surface area contributed by atoms with Gasteiger partial charge in [-0.25, -0.2) is 12.7 Å². The van der Waals surface area contributed by atoms with Crippen molar-refractivity contribution >= 4 is 39.3 Å². The number of nitrogens with one attached hydrogen (secondary N) is 1. The van der Waals surface area contributed by atoms with Crippen LogP contribution < -0.4 is 5.32 Å². The zero-order valence-electron chi connectivity index (χ0n) is 21.7. The minimum absolute atomic E-state index is 0.0115. The van der Waals surface area contributed by atoms with E-state index in [2.05, 4.69) is 5.32 Å². The molecule has 3 aromatic carbocycles. The number of carbonyl (C=O) groups excluding carboxylic acids is 3. The lowest BCUT2D eigenvalue weighted by molar-refractivity contribution is -0.141. The van der Waals surface area contributed by atoms with E-state index in [-0.39, 0.29) is 35.2 Å². The van der Waals surface area contributed by atoms with E-state index in [1.165, 1.54) is 23.1 Å². The summed E-state index contributed by atoms with van der Waals surface area (Å²) in [6, 6.07) is 21.0. The molecule has 0 fully saturated rings. The van der Waals surface area contributed by atoms with Crippen LogP contribution in [0.4, 0.5) is 0 Å². The molecule has 3 amide bonds. The highest BCUT2D eigenvalue weighted by Gasteiger charge is 2.43. The third-order valence-corrected chi connectivity index (χ3v) is 8.45. The van der Waals surface area contributed by atoms with Crippen molar-refractivity contribution in [1.29, 1.82) is 0 Å².